The van der Waals surface area contributed by atoms with Crippen molar-refractivity contribution in [1.29, 1.82) is 0 Å². The van der Waals surface area contributed by atoms with Gasteiger partial charge in [0.1, 0.15) is 0 Å². The Morgan fingerprint density at radius 1 is 0.364 bits per heavy atom. The number of carbonyl (C=O) groups is 1. The maximum absolute atomic E-state index is 12.4. The molecule has 4 heteroatoms. The van der Waals surface area contributed by atoms with Crippen molar-refractivity contribution < 1.29 is 15.0 Å². The van der Waals surface area contributed by atoms with Crippen molar-refractivity contribution in [2.45, 2.75) is 315 Å². The van der Waals surface area contributed by atoms with Gasteiger partial charge in [-0.15, -0.1) is 0 Å². The second kappa shape index (κ2) is 47.8. The Balaban J connectivity index is 3.40. The van der Waals surface area contributed by atoms with E-state index in [0.717, 1.165) is 25.7 Å². The smallest absolute Gasteiger partial charge is 0.220 e. The van der Waals surface area contributed by atoms with Crippen LogP contribution in [-0.4, -0.2) is 34.9 Å². The molecule has 55 heavy (non-hydrogen) atoms. The molecule has 3 N–H and O–H groups in total. The molecular weight excluding hydrogens is 675 g/mol. The van der Waals surface area contributed by atoms with E-state index in [9.17, 15) is 15.0 Å². The first kappa shape index (κ1) is 54.4. The molecule has 0 aliphatic carbocycles. The third kappa shape index (κ3) is 44.3. The minimum absolute atomic E-state index is 0.0235. The zero-order valence-corrected chi connectivity index (χ0v) is 38.0. The summed E-state index contributed by atoms with van der Waals surface area (Å²) in [6.45, 7) is 4.40. The molecular formula is C51H103NO3. The van der Waals surface area contributed by atoms with Crippen LogP contribution in [0.25, 0.3) is 0 Å². The predicted octanol–water partition coefficient (Wildman–Crippen LogP) is 16.4. The highest BCUT2D eigenvalue weighted by Crippen LogP contribution is 2.18. The summed E-state index contributed by atoms with van der Waals surface area (Å²) >= 11 is 0. The summed E-state index contributed by atoms with van der Waals surface area (Å²) in [5.74, 6) is -0.0235. The van der Waals surface area contributed by atoms with Gasteiger partial charge in [-0.25, -0.2) is 0 Å². The molecule has 0 heterocycles. The summed E-state index contributed by atoms with van der Waals surface area (Å²) in [7, 11) is 0. The average Bonchev–Trinajstić information content (AvgIpc) is 3.19. The van der Waals surface area contributed by atoms with Crippen molar-refractivity contribution in [1.82, 2.24) is 5.32 Å². The summed E-state index contributed by atoms with van der Waals surface area (Å²) in [6.07, 6.45) is 59.3. The Labute approximate surface area is 346 Å². The van der Waals surface area contributed by atoms with E-state index in [2.05, 4.69) is 19.2 Å². The van der Waals surface area contributed by atoms with Crippen molar-refractivity contribution in [2.75, 3.05) is 6.61 Å². The van der Waals surface area contributed by atoms with E-state index in [0.29, 0.717) is 12.8 Å². The molecule has 0 aromatic carbocycles. The van der Waals surface area contributed by atoms with E-state index in [4.69, 9.17) is 0 Å². The molecule has 0 aliphatic rings. The molecule has 330 valence electrons. The Hall–Kier alpha value is -0.610. The van der Waals surface area contributed by atoms with Gasteiger partial charge >= 0.3 is 0 Å². The van der Waals surface area contributed by atoms with Gasteiger partial charge in [0.2, 0.25) is 5.91 Å². The number of rotatable bonds is 48. The first-order valence-corrected chi connectivity index (χ1v) is 25.7. The zero-order chi connectivity index (χ0) is 40.0. The van der Waals surface area contributed by atoms with Crippen molar-refractivity contribution >= 4 is 5.91 Å². The van der Waals surface area contributed by atoms with Gasteiger partial charge in [0.05, 0.1) is 18.8 Å². The van der Waals surface area contributed by atoms with Crippen LogP contribution in [0.1, 0.15) is 303 Å². The maximum atomic E-state index is 12.4. The fourth-order valence-corrected chi connectivity index (χ4v) is 8.42. The van der Waals surface area contributed by atoms with Gasteiger partial charge < -0.3 is 15.5 Å². The van der Waals surface area contributed by atoms with E-state index >= 15 is 0 Å². The number of aliphatic hydroxyl groups excluding tert-OH is 2. The number of hydrogen-bond donors (Lipinski definition) is 3. The van der Waals surface area contributed by atoms with Gasteiger partial charge in [-0.05, 0) is 12.8 Å². The Kier molecular flexibility index (Phi) is 47.2. The molecule has 0 spiro atoms. The van der Waals surface area contributed by atoms with Crippen molar-refractivity contribution in [2.24, 2.45) is 0 Å². The van der Waals surface area contributed by atoms with Crippen molar-refractivity contribution in [3.63, 3.8) is 0 Å². The van der Waals surface area contributed by atoms with E-state index in [1.54, 1.807) is 0 Å². The molecule has 4 nitrogen and oxygen atoms in total. The fourth-order valence-electron chi connectivity index (χ4n) is 8.42. The Morgan fingerprint density at radius 3 is 0.818 bits per heavy atom. The minimum atomic E-state index is -0.653. The van der Waals surface area contributed by atoms with Crippen LogP contribution in [0, 0.1) is 0 Å². The normalized spacial score (nSPS) is 12.7. The van der Waals surface area contributed by atoms with E-state index < -0.39 is 12.1 Å². The minimum Gasteiger partial charge on any atom is -0.394 e. The van der Waals surface area contributed by atoms with Crippen LogP contribution < -0.4 is 5.32 Å². The number of hydrogen-bond acceptors (Lipinski definition) is 3. The van der Waals surface area contributed by atoms with Crippen LogP contribution in [0.3, 0.4) is 0 Å². The standard InChI is InChI=1S/C51H103NO3/c1-3-5-7-9-11-13-15-17-19-21-22-23-24-25-26-27-28-29-30-31-33-35-37-39-41-43-45-47-51(55)52-49(48-53)50(54)46-44-42-40-38-36-34-32-20-18-16-14-12-10-8-6-4-2/h49-50,53-54H,3-48H2,1-2H3,(H,52,55). The third-order valence-electron chi connectivity index (χ3n) is 12.4. The molecule has 0 bridgehead atoms. The van der Waals surface area contributed by atoms with Gasteiger partial charge in [-0.1, -0.05) is 284 Å². The highest BCUT2D eigenvalue weighted by molar-refractivity contribution is 5.76. The maximum Gasteiger partial charge on any atom is 0.220 e. The number of amides is 1. The Morgan fingerprint density at radius 2 is 0.582 bits per heavy atom. The van der Waals surface area contributed by atoms with Gasteiger partial charge in [0.15, 0.2) is 0 Å². The topological polar surface area (TPSA) is 69.6 Å². The summed E-state index contributed by atoms with van der Waals surface area (Å²) in [4.78, 5) is 12.4. The second-order valence-corrected chi connectivity index (χ2v) is 18.0. The van der Waals surface area contributed by atoms with Crippen LogP contribution in [0.2, 0.25) is 0 Å². The van der Waals surface area contributed by atoms with E-state index in [1.165, 1.54) is 250 Å². The molecule has 2 unspecified atom stereocenters. The zero-order valence-electron chi connectivity index (χ0n) is 38.0. The first-order valence-electron chi connectivity index (χ1n) is 25.7. The molecule has 0 saturated heterocycles. The molecule has 2 atom stereocenters. The third-order valence-corrected chi connectivity index (χ3v) is 12.4. The monoisotopic (exact) mass is 778 g/mol. The summed E-state index contributed by atoms with van der Waals surface area (Å²) in [6, 6.07) is -0.530. The Bertz CT molecular complexity index is 714. The summed E-state index contributed by atoms with van der Waals surface area (Å²) in [5.41, 5.74) is 0. The average molecular weight is 778 g/mol. The molecule has 0 aliphatic heterocycles. The molecule has 1 amide bonds. The van der Waals surface area contributed by atoms with Crippen molar-refractivity contribution in [3.8, 4) is 0 Å². The van der Waals surface area contributed by atoms with Crippen LogP contribution in [0.4, 0.5) is 0 Å². The summed E-state index contributed by atoms with van der Waals surface area (Å²) in [5, 5.41) is 23.3. The molecule has 0 rings (SSSR count). The molecule has 0 radical (unpaired) electrons. The van der Waals surface area contributed by atoms with Gasteiger partial charge in [0.25, 0.3) is 0 Å². The number of nitrogens with one attached hydrogen (secondary N) is 1. The molecule has 0 fully saturated rings. The van der Waals surface area contributed by atoms with Crippen molar-refractivity contribution in [3.05, 3.63) is 0 Å². The van der Waals surface area contributed by atoms with Crippen LogP contribution in [-0.2, 0) is 4.79 Å². The van der Waals surface area contributed by atoms with Gasteiger partial charge in [0, 0.05) is 6.42 Å². The van der Waals surface area contributed by atoms with Crippen LogP contribution >= 0.6 is 0 Å². The number of carbonyl (C=O) groups excluding carboxylic acids is 1. The van der Waals surface area contributed by atoms with E-state index in [-0.39, 0.29) is 12.5 Å². The lowest BCUT2D eigenvalue weighted by molar-refractivity contribution is -0.123. The quantitative estimate of drug-likeness (QED) is 0.0539. The number of unbranched alkanes of at least 4 members (excludes halogenated alkanes) is 41. The lowest BCUT2D eigenvalue weighted by Crippen LogP contribution is -2.45. The fraction of sp³-hybridized carbons (Fsp3) is 0.980. The highest BCUT2D eigenvalue weighted by atomic mass is 16.3. The molecule has 0 saturated carbocycles. The largest absolute Gasteiger partial charge is 0.394 e. The van der Waals surface area contributed by atoms with Crippen LogP contribution in [0.15, 0.2) is 0 Å². The van der Waals surface area contributed by atoms with Gasteiger partial charge in [-0.2, -0.15) is 0 Å². The lowest BCUT2D eigenvalue weighted by Gasteiger charge is -2.22. The molecule has 0 aromatic rings. The SMILES string of the molecule is CCCCCCCCCCCCCCCCCCCCCCCCCCCCCC(=O)NC(CO)C(O)CCCCCCCCCCCCCCCCCC. The van der Waals surface area contributed by atoms with E-state index in [1.807, 2.05) is 0 Å². The number of aliphatic hydroxyl groups is 2. The highest BCUT2D eigenvalue weighted by Gasteiger charge is 2.20. The molecule has 0 aromatic heterocycles. The van der Waals surface area contributed by atoms with Crippen LogP contribution in [0.5, 0.6) is 0 Å². The summed E-state index contributed by atoms with van der Waals surface area (Å²) < 4.78 is 0. The predicted molar refractivity (Wildman–Crippen MR) is 244 cm³/mol. The lowest BCUT2D eigenvalue weighted by atomic mass is 10.0. The van der Waals surface area contributed by atoms with Gasteiger partial charge in [-0.3, -0.25) is 4.79 Å². The first-order chi connectivity index (χ1) is 27.2. The second-order valence-electron chi connectivity index (χ2n) is 18.0.